The summed E-state index contributed by atoms with van der Waals surface area (Å²) in [6, 6.07) is 12.1. The van der Waals surface area contributed by atoms with Gasteiger partial charge in [-0.15, -0.1) is 0 Å². The SMILES string of the molecule is Cc1cccc(O/C=C\CC(=O)N2CCCc3c(-c4cn[nH]c4)cccc32)c1C. The summed E-state index contributed by atoms with van der Waals surface area (Å²) in [7, 11) is 0. The van der Waals surface area contributed by atoms with E-state index in [2.05, 4.69) is 29.3 Å². The van der Waals surface area contributed by atoms with Crippen molar-refractivity contribution in [2.45, 2.75) is 33.1 Å². The summed E-state index contributed by atoms with van der Waals surface area (Å²) >= 11 is 0. The topological polar surface area (TPSA) is 58.2 Å². The number of fused-ring (bicyclic) bond motifs is 1. The molecule has 2 aromatic carbocycles. The number of nitrogens with one attached hydrogen (secondary N) is 1. The lowest BCUT2D eigenvalue weighted by molar-refractivity contribution is -0.117. The Morgan fingerprint density at radius 1 is 1.24 bits per heavy atom. The van der Waals surface area contributed by atoms with E-state index in [4.69, 9.17) is 4.74 Å². The maximum atomic E-state index is 12.9. The molecule has 1 aromatic heterocycles. The second kappa shape index (κ2) is 8.35. The largest absolute Gasteiger partial charge is 0.465 e. The lowest BCUT2D eigenvalue weighted by atomic mass is 9.93. The van der Waals surface area contributed by atoms with E-state index < -0.39 is 0 Å². The lowest BCUT2D eigenvalue weighted by Crippen LogP contribution is -2.35. The molecule has 5 nitrogen and oxygen atoms in total. The Kier molecular flexibility index (Phi) is 5.47. The van der Waals surface area contributed by atoms with Crippen LogP contribution in [0.25, 0.3) is 11.1 Å². The smallest absolute Gasteiger partial charge is 0.230 e. The van der Waals surface area contributed by atoms with Gasteiger partial charge in [0.15, 0.2) is 0 Å². The van der Waals surface area contributed by atoms with Crippen LogP contribution in [-0.4, -0.2) is 22.6 Å². The number of H-pyrrole nitrogens is 1. The van der Waals surface area contributed by atoms with E-state index in [1.165, 1.54) is 11.1 Å². The summed E-state index contributed by atoms with van der Waals surface area (Å²) in [5, 5.41) is 6.93. The summed E-state index contributed by atoms with van der Waals surface area (Å²) in [5.74, 6) is 0.901. The molecule has 3 aromatic rings. The van der Waals surface area contributed by atoms with Crippen molar-refractivity contribution in [2.24, 2.45) is 0 Å². The van der Waals surface area contributed by atoms with Crippen LogP contribution in [0.2, 0.25) is 0 Å². The maximum absolute atomic E-state index is 12.9. The van der Waals surface area contributed by atoms with E-state index in [-0.39, 0.29) is 5.91 Å². The summed E-state index contributed by atoms with van der Waals surface area (Å²) in [4.78, 5) is 14.8. The number of benzene rings is 2. The zero-order chi connectivity index (χ0) is 20.2. The van der Waals surface area contributed by atoms with E-state index in [1.807, 2.05) is 48.5 Å². The van der Waals surface area contributed by atoms with Gasteiger partial charge in [-0.25, -0.2) is 0 Å². The van der Waals surface area contributed by atoms with Crippen LogP contribution in [0.3, 0.4) is 0 Å². The van der Waals surface area contributed by atoms with Crippen LogP contribution in [-0.2, 0) is 11.2 Å². The number of aromatic amines is 1. The Bertz CT molecular complexity index is 1040. The molecule has 1 N–H and O–H groups in total. The average Bonchev–Trinajstić information content (AvgIpc) is 3.27. The first-order valence-electron chi connectivity index (χ1n) is 9.94. The first kappa shape index (κ1) is 19.0. The van der Waals surface area contributed by atoms with Gasteiger partial charge in [0.25, 0.3) is 0 Å². The van der Waals surface area contributed by atoms with Crippen LogP contribution >= 0.6 is 0 Å². The number of hydrogen-bond acceptors (Lipinski definition) is 3. The molecule has 148 valence electrons. The summed E-state index contributed by atoms with van der Waals surface area (Å²) in [5.41, 5.74) is 6.71. The third kappa shape index (κ3) is 3.94. The number of ether oxygens (including phenoxy) is 1. The number of anilines is 1. The Morgan fingerprint density at radius 2 is 2.10 bits per heavy atom. The van der Waals surface area contributed by atoms with Crippen molar-refractivity contribution >= 4 is 11.6 Å². The fourth-order valence-corrected chi connectivity index (χ4v) is 3.78. The summed E-state index contributed by atoms with van der Waals surface area (Å²) in [6.07, 6.45) is 9.35. The minimum absolute atomic E-state index is 0.0797. The highest BCUT2D eigenvalue weighted by molar-refractivity contribution is 5.96. The molecule has 0 aliphatic carbocycles. The number of nitrogens with zero attached hydrogens (tertiary/aromatic N) is 2. The molecule has 0 fully saturated rings. The highest BCUT2D eigenvalue weighted by atomic mass is 16.5. The van der Waals surface area contributed by atoms with Crippen LogP contribution in [0.4, 0.5) is 5.69 Å². The van der Waals surface area contributed by atoms with Crippen molar-refractivity contribution in [1.29, 1.82) is 0 Å². The first-order chi connectivity index (χ1) is 14.1. The second-order valence-corrected chi connectivity index (χ2v) is 7.33. The third-order valence-corrected chi connectivity index (χ3v) is 5.50. The number of hydrogen-bond donors (Lipinski definition) is 1. The fourth-order valence-electron chi connectivity index (χ4n) is 3.78. The summed E-state index contributed by atoms with van der Waals surface area (Å²) in [6.45, 7) is 4.83. The van der Waals surface area contributed by atoms with E-state index in [9.17, 15) is 4.79 Å². The van der Waals surface area contributed by atoms with Crippen LogP contribution in [0.5, 0.6) is 5.75 Å². The number of amides is 1. The molecule has 4 rings (SSSR count). The molecule has 0 saturated heterocycles. The molecular formula is C24H25N3O2. The molecule has 0 atom stereocenters. The predicted molar refractivity (Wildman–Crippen MR) is 115 cm³/mol. The molecule has 1 amide bonds. The molecular weight excluding hydrogens is 362 g/mol. The van der Waals surface area contributed by atoms with Crippen LogP contribution in [0, 0.1) is 13.8 Å². The van der Waals surface area contributed by atoms with E-state index >= 15 is 0 Å². The van der Waals surface area contributed by atoms with Gasteiger partial charge in [0, 0.05) is 30.4 Å². The van der Waals surface area contributed by atoms with Crippen LogP contribution in [0.15, 0.2) is 61.1 Å². The molecule has 1 aliphatic rings. The first-order valence-corrected chi connectivity index (χ1v) is 9.94. The highest BCUT2D eigenvalue weighted by Gasteiger charge is 2.24. The van der Waals surface area contributed by atoms with Crippen molar-refractivity contribution in [3.05, 3.63) is 77.8 Å². The molecule has 0 unspecified atom stereocenters. The van der Waals surface area contributed by atoms with Crippen LogP contribution < -0.4 is 9.64 Å². The Morgan fingerprint density at radius 3 is 2.93 bits per heavy atom. The van der Waals surface area contributed by atoms with E-state index in [0.29, 0.717) is 6.42 Å². The molecule has 0 spiro atoms. The zero-order valence-electron chi connectivity index (χ0n) is 16.8. The van der Waals surface area contributed by atoms with Gasteiger partial charge < -0.3 is 9.64 Å². The standard InChI is InChI=1S/C24H25N3O2/c1-17-7-3-11-23(18(17)2)29-14-6-12-24(28)27-13-5-9-21-20(8-4-10-22(21)27)19-15-25-26-16-19/h3-4,6-8,10-11,14-16H,5,9,12-13H2,1-2H3,(H,25,26)/b14-6-. The minimum atomic E-state index is 0.0797. The average molecular weight is 387 g/mol. The molecule has 0 saturated carbocycles. The minimum Gasteiger partial charge on any atom is -0.465 e. The van der Waals surface area contributed by atoms with E-state index in [0.717, 1.165) is 47.5 Å². The lowest BCUT2D eigenvalue weighted by Gasteiger charge is -2.30. The van der Waals surface area contributed by atoms with Gasteiger partial charge >= 0.3 is 0 Å². The molecule has 5 heteroatoms. The molecule has 0 bridgehead atoms. The van der Waals surface area contributed by atoms with Crippen molar-refractivity contribution < 1.29 is 9.53 Å². The number of aryl methyl sites for hydroxylation is 1. The zero-order valence-corrected chi connectivity index (χ0v) is 16.8. The number of carbonyl (C=O) groups excluding carboxylic acids is 1. The van der Waals surface area contributed by atoms with Gasteiger partial charge in [0.1, 0.15) is 5.75 Å². The van der Waals surface area contributed by atoms with Gasteiger partial charge in [-0.05, 0) is 67.2 Å². The van der Waals surface area contributed by atoms with Gasteiger partial charge in [0.05, 0.1) is 12.5 Å². The van der Waals surface area contributed by atoms with Gasteiger partial charge in [0.2, 0.25) is 5.91 Å². The van der Waals surface area contributed by atoms with Crippen molar-refractivity contribution in [3.8, 4) is 16.9 Å². The van der Waals surface area contributed by atoms with Crippen LogP contribution in [0.1, 0.15) is 29.5 Å². The fraction of sp³-hybridized carbons (Fsp3) is 0.250. The Hall–Kier alpha value is -3.34. The van der Waals surface area contributed by atoms with Crippen molar-refractivity contribution in [3.63, 3.8) is 0 Å². The quantitative estimate of drug-likeness (QED) is 0.630. The van der Waals surface area contributed by atoms with Gasteiger partial charge in [-0.3, -0.25) is 9.89 Å². The molecule has 2 heterocycles. The van der Waals surface area contributed by atoms with Gasteiger partial charge in [-0.1, -0.05) is 24.3 Å². The Balaban J connectivity index is 1.47. The normalized spacial score (nSPS) is 13.5. The van der Waals surface area contributed by atoms with Crippen molar-refractivity contribution in [1.82, 2.24) is 10.2 Å². The predicted octanol–water partition coefficient (Wildman–Crippen LogP) is 4.96. The molecule has 29 heavy (non-hydrogen) atoms. The number of carbonyl (C=O) groups is 1. The monoisotopic (exact) mass is 387 g/mol. The molecule has 0 radical (unpaired) electrons. The number of rotatable bonds is 5. The Labute approximate surface area is 171 Å². The maximum Gasteiger partial charge on any atom is 0.230 e. The van der Waals surface area contributed by atoms with E-state index in [1.54, 1.807) is 12.3 Å². The molecule has 1 aliphatic heterocycles. The number of aromatic nitrogens is 2. The second-order valence-electron chi connectivity index (χ2n) is 7.33. The summed E-state index contributed by atoms with van der Waals surface area (Å²) < 4.78 is 5.73. The van der Waals surface area contributed by atoms with Crippen molar-refractivity contribution in [2.75, 3.05) is 11.4 Å². The third-order valence-electron chi connectivity index (χ3n) is 5.50. The van der Waals surface area contributed by atoms with Gasteiger partial charge in [-0.2, -0.15) is 5.10 Å². The highest BCUT2D eigenvalue weighted by Crippen LogP contribution is 2.35.